The van der Waals surface area contributed by atoms with Crippen molar-refractivity contribution in [2.75, 3.05) is 13.1 Å². The van der Waals surface area contributed by atoms with Crippen LogP contribution < -0.4 is 0 Å². The van der Waals surface area contributed by atoms with E-state index in [-0.39, 0.29) is 6.10 Å². The van der Waals surface area contributed by atoms with E-state index < -0.39 is 0 Å². The first-order valence-electron chi connectivity index (χ1n) is 3.90. The lowest BCUT2D eigenvalue weighted by Crippen LogP contribution is -2.22. The van der Waals surface area contributed by atoms with Gasteiger partial charge in [-0.2, -0.15) is 0 Å². The molecular weight excluding hydrogens is 142 g/mol. The van der Waals surface area contributed by atoms with Gasteiger partial charge in [0.05, 0.1) is 6.10 Å². The van der Waals surface area contributed by atoms with Gasteiger partial charge in [-0.3, -0.25) is 0 Å². The van der Waals surface area contributed by atoms with Crippen molar-refractivity contribution in [1.82, 2.24) is 4.90 Å². The van der Waals surface area contributed by atoms with E-state index in [0.717, 1.165) is 18.5 Å². The van der Waals surface area contributed by atoms with Crippen LogP contribution >= 0.6 is 0 Å². The maximum atomic E-state index is 9.44. The van der Waals surface area contributed by atoms with Crippen LogP contribution in [0.2, 0.25) is 0 Å². The van der Waals surface area contributed by atoms with Crippen molar-refractivity contribution < 1.29 is 10.2 Å². The van der Waals surface area contributed by atoms with Crippen LogP contribution in [0.1, 0.15) is 20.3 Å². The van der Waals surface area contributed by atoms with Crippen molar-refractivity contribution in [3.05, 3.63) is 11.5 Å². The molecule has 3 nitrogen and oxygen atoms in total. The third kappa shape index (κ3) is 1.87. The Bertz CT molecular complexity index is 173. The number of allylic oxidation sites excluding steroid dienone is 1. The largest absolute Gasteiger partial charge is 0.495 e. The highest BCUT2D eigenvalue weighted by atomic mass is 16.3. The van der Waals surface area contributed by atoms with Gasteiger partial charge in [-0.05, 0) is 25.8 Å². The molecule has 0 spiro atoms. The van der Waals surface area contributed by atoms with E-state index in [0.29, 0.717) is 12.4 Å². The van der Waals surface area contributed by atoms with Crippen molar-refractivity contribution in [2.24, 2.45) is 0 Å². The number of hydrogen-bond acceptors (Lipinski definition) is 3. The molecular formula is C8H15NO2. The highest BCUT2D eigenvalue weighted by Gasteiger charge is 2.21. The van der Waals surface area contributed by atoms with Crippen LogP contribution in [0, 0.1) is 0 Å². The average molecular weight is 157 g/mol. The van der Waals surface area contributed by atoms with E-state index in [4.69, 9.17) is 5.11 Å². The number of likely N-dealkylation sites (tertiary alicyclic amines) is 1. The number of β-amino-alcohol motifs (C(OH)–C–C–N with tert-alkyl or cyclic N) is 1. The molecule has 1 heterocycles. The fraction of sp³-hybridized carbons (Fsp3) is 0.750. The van der Waals surface area contributed by atoms with Crippen molar-refractivity contribution in [3.63, 3.8) is 0 Å². The molecule has 1 saturated heterocycles. The van der Waals surface area contributed by atoms with Crippen LogP contribution in [0.15, 0.2) is 11.5 Å². The number of aliphatic hydroxyl groups excluding tert-OH is 2. The van der Waals surface area contributed by atoms with Gasteiger partial charge in [0, 0.05) is 13.1 Å². The van der Waals surface area contributed by atoms with Crippen molar-refractivity contribution in [2.45, 2.75) is 26.4 Å². The molecule has 1 rings (SSSR count). The Morgan fingerprint density at radius 3 is 2.45 bits per heavy atom. The van der Waals surface area contributed by atoms with Gasteiger partial charge in [-0.15, -0.1) is 0 Å². The summed E-state index contributed by atoms with van der Waals surface area (Å²) in [4.78, 5) is 1.81. The summed E-state index contributed by atoms with van der Waals surface area (Å²) in [6.07, 6.45) is 0.494. The highest BCUT2D eigenvalue weighted by Crippen LogP contribution is 2.15. The predicted octanol–water partition coefficient (Wildman–Crippen LogP) is 0.862. The summed E-state index contributed by atoms with van der Waals surface area (Å²) in [6.45, 7) is 5.05. The van der Waals surface area contributed by atoms with E-state index in [1.54, 1.807) is 4.90 Å². The van der Waals surface area contributed by atoms with Crippen LogP contribution in [-0.4, -0.2) is 34.3 Å². The minimum Gasteiger partial charge on any atom is -0.495 e. The van der Waals surface area contributed by atoms with Crippen molar-refractivity contribution >= 4 is 0 Å². The SMILES string of the molecule is CC(C)=C(O)N1CCC(O)C1. The molecule has 1 atom stereocenters. The second-order valence-electron chi connectivity index (χ2n) is 3.21. The Balaban J connectivity index is 2.57. The molecule has 0 aliphatic carbocycles. The van der Waals surface area contributed by atoms with E-state index in [9.17, 15) is 5.11 Å². The molecule has 2 N–H and O–H groups in total. The first-order chi connectivity index (χ1) is 5.11. The molecule has 0 aromatic rings. The van der Waals surface area contributed by atoms with Gasteiger partial charge in [0.2, 0.25) is 0 Å². The van der Waals surface area contributed by atoms with Gasteiger partial charge >= 0.3 is 0 Å². The van der Waals surface area contributed by atoms with Crippen LogP contribution in [0.3, 0.4) is 0 Å². The molecule has 1 aliphatic rings. The Labute approximate surface area is 66.9 Å². The quantitative estimate of drug-likeness (QED) is 0.555. The molecule has 11 heavy (non-hydrogen) atoms. The lowest BCUT2D eigenvalue weighted by Gasteiger charge is -2.17. The Morgan fingerprint density at radius 2 is 2.09 bits per heavy atom. The fourth-order valence-electron chi connectivity index (χ4n) is 1.25. The molecule has 0 saturated carbocycles. The molecule has 0 amide bonds. The third-order valence-electron chi connectivity index (χ3n) is 1.91. The monoisotopic (exact) mass is 157 g/mol. The van der Waals surface area contributed by atoms with Gasteiger partial charge in [0.1, 0.15) is 0 Å². The fourth-order valence-corrected chi connectivity index (χ4v) is 1.25. The summed E-state index contributed by atoms with van der Waals surface area (Å²) in [6, 6.07) is 0. The molecule has 3 heteroatoms. The number of aliphatic hydroxyl groups is 2. The Hall–Kier alpha value is -0.700. The van der Waals surface area contributed by atoms with Crippen molar-refractivity contribution in [1.29, 1.82) is 0 Å². The molecule has 1 fully saturated rings. The minimum absolute atomic E-state index is 0.267. The molecule has 1 aliphatic heterocycles. The van der Waals surface area contributed by atoms with E-state index in [2.05, 4.69) is 0 Å². The summed E-state index contributed by atoms with van der Waals surface area (Å²) >= 11 is 0. The van der Waals surface area contributed by atoms with Gasteiger partial charge in [0.25, 0.3) is 0 Å². The number of rotatable bonds is 1. The lowest BCUT2D eigenvalue weighted by molar-refractivity contribution is 0.162. The minimum atomic E-state index is -0.267. The lowest BCUT2D eigenvalue weighted by atomic mass is 10.3. The van der Waals surface area contributed by atoms with Crippen molar-refractivity contribution in [3.8, 4) is 0 Å². The van der Waals surface area contributed by atoms with Crippen LogP contribution in [0.25, 0.3) is 0 Å². The van der Waals surface area contributed by atoms with Gasteiger partial charge in [-0.25, -0.2) is 0 Å². The van der Waals surface area contributed by atoms with Gasteiger partial charge < -0.3 is 15.1 Å². The second-order valence-corrected chi connectivity index (χ2v) is 3.21. The average Bonchev–Trinajstić information content (AvgIpc) is 2.34. The summed E-state index contributed by atoms with van der Waals surface area (Å²) in [7, 11) is 0. The zero-order valence-corrected chi connectivity index (χ0v) is 7.04. The molecule has 0 bridgehead atoms. The van der Waals surface area contributed by atoms with Crippen LogP contribution in [0.4, 0.5) is 0 Å². The molecule has 64 valence electrons. The van der Waals surface area contributed by atoms with Crippen LogP contribution in [0.5, 0.6) is 0 Å². The van der Waals surface area contributed by atoms with E-state index >= 15 is 0 Å². The number of hydrogen-bond donors (Lipinski definition) is 2. The zero-order chi connectivity index (χ0) is 8.43. The summed E-state index contributed by atoms with van der Waals surface area (Å²) in [5.41, 5.74) is 0.902. The topological polar surface area (TPSA) is 43.7 Å². The normalized spacial score (nSPS) is 23.9. The van der Waals surface area contributed by atoms with Gasteiger partial charge in [0.15, 0.2) is 5.88 Å². The first-order valence-corrected chi connectivity index (χ1v) is 3.90. The van der Waals surface area contributed by atoms with E-state index in [1.807, 2.05) is 13.8 Å². The van der Waals surface area contributed by atoms with Gasteiger partial charge in [-0.1, -0.05) is 0 Å². The third-order valence-corrected chi connectivity index (χ3v) is 1.91. The summed E-state index contributed by atoms with van der Waals surface area (Å²) in [5.74, 6) is 0.321. The molecule has 0 aromatic carbocycles. The molecule has 0 aromatic heterocycles. The summed E-state index contributed by atoms with van der Waals surface area (Å²) in [5, 5.41) is 18.6. The maximum absolute atomic E-state index is 9.44. The zero-order valence-electron chi connectivity index (χ0n) is 7.04. The first kappa shape index (κ1) is 8.40. The Morgan fingerprint density at radius 1 is 1.45 bits per heavy atom. The molecule has 1 unspecified atom stereocenters. The van der Waals surface area contributed by atoms with E-state index in [1.165, 1.54) is 0 Å². The number of nitrogens with zero attached hydrogens (tertiary/aromatic N) is 1. The highest BCUT2D eigenvalue weighted by molar-refractivity contribution is 5.02. The smallest absolute Gasteiger partial charge is 0.185 e. The Kier molecular flexibility index (Phi) is 2.39. The summed E-state index contributed by atoms with van der Waals surface area (Å²) < 4.78 is 0. The predicted molar refractivity (Wildman–Crippen MR) is 43.2 cm³/mol. The maximum Gasteiger partial charge on any atom is 0.185 e. The molecule has 0 radical (unpaired) electrons. The van der Waals surface area contributed by atoms with Crippen LogP contribution in [-0.2, 0) is 0 Å². The standard InChI is InChI=1S/C8H15NO2/c1-6(2)8(11)9-4-3-7(10)5-9/h7,10-11H,3-5H2,1-2H3. The second kappa shape index (κ2) is 3.13.